The fourth-order valence-electron chi connectivity index (χ4n) is 0. The molecule has 0 aromatic rings. The lowest BCUT2D eigenvalue weighted by Gasteiger charge is -1.70. The molecule has 0 aromatic carbocycles. The fraction of sp³-hybridized carbons (Fsp3) is 0.333. The summed E-state index contributed by atoms with van der Waals surface area (Å²) in [5.41, 5.74) is 0. The predicted molar refractivity (Wildman–Crippen MR) is 22.8 cm³/mol. The molecule has 0 amide bonds. The van der Waals surface area contributed by atoms with Gasteiger partial charge in [0.15, 0.2) is 5.12 Å². The van der Waals surface area contributed by atoms with Gasteiger partial charge in [0, 0.05) is 0 Å². The van der Waals surface area contributed by atoms with Crippen molar-refractivity contribution in [3.8, 4) is 0 Å². The van der Waals surface area contributed by atoms with Gasteiger partial charge in [0.05, 0.1) is 6.92 Å². The molecule has 0 atom stereocenters. The van der Waals surface area contributed by atoms with Crippen LogP contribution in [0, 0.1) is 6.92 Å². The first-order chi connectivity index (χ1) is 2.27. The first kappa shape index (κ1) is 5.02. The Morgan fingerprint density at radius 2 is 2.20 bits per heavy atom. The molecule has 0 aliphatic carbocycles. The lowest BCUT2D eigenvalue weighted by Crippen LogP contribution is -1.73. The van der Waals surface area contributed by atoms with Gasteiger partial charge in [-0.1, -0.05) is 11.8 Å². The molecule has 1 nitrogen and oxygen atoms in total. The van der Waals surface area contributed by atoms with Crippen LogP contribution >= 0.6 is 11.8 Å². The minimum Gasteiger partial charge on any atom is -0.287 e. The van der Waals surface area contributed by atoms with Crippen LogP contribution in [0.25, 0.3) is 0 Å². The normalized spacial score (nSPS) is 7.60. The molecule has 0 unspecified atom stereocenters. The van der Waals surface area contributed by atoms with Crippen LogP contribution in [0.2, 0.25) is 0 Å². The first-order valence-corrected chi connectivity index (χ1v) is 2.33. The SMILES string of the molecule is [CH]C(=O)SC. The van der Waals surface area contributed by atoms with E-state index in [4.69, 9.17) is 0 Å². The highest BCUT2D eigenvalue weighted by molar-refractivity contribution is 8.13. The molecule has 0 saturated carbocycles. The van der Waals surface area contributed by atoms with E-state index in [1.807, 2.05) is 0 Å². The van der Waals surface area contributed by atoms with Gasteiger partial charge >= 0.3 is 0 Å². The van der Waals surface area contributed by atoms with Crippen molar-refractivity contribution >= 4 is 16.9 Å². The van der Waals surface area contributed by atoms with Gasteiger partial charge in [0.2, 0.25) is 0 Å². The molecule has 0 bridgehead atoms. The average molecular weight is 88.1 g/mol. The minimum atomic E-state index is -0.329. The predicted octanol–water partition coefficient (Wildman–Crippen LogP) is 0.587. The zero-order valence-corrected chi connectivity index (χ0v) is 3.71. The van der Waals surface area contributed by atoms with Crippen molar-refractivity contribution in [3.05, 3.63) is 6.92 Å². The summed E-state index contributed by atoms with van der Waals surface area (Å²) < 4.78 is 0. The van der Waals surface area contributed by atoms with Crippen LogP contribution in [0.5, 0.6) is 0 Å². The lowest BCUT2D eigenvalue weighted by atomic mass is 10.9. The number of carbonyl (C=O) groups excluding carboxylic acids is 1. The van der Waals surface area contributed by atoms with Crippen LogP contribution in [0.4, 0.5) is 0 Å². The summed E-state index contributed by atoms with van der Waals surface area (Å²) in [7, 11) is 0. The molecule has 0 aliphatic heterocycles. The van der Waals surface area contributed by atoms with E-state index in [1.165, 1.54) is 0 Å². The van der Waals surface area contributed by atoms with Crippen molar-refractivity contribution in [1.82, 2.24) is 0 Å². The fourth-order valence-corrected chi connectivity index (χ4v) is 0. The molecule has 2 heteroatoms. The molecule has 28 valence electrons. The topological polar surface area (TPSA) is 17.1 Å². The molecule has 5 heavy (non-hydrogen) atoms. The molecule has 2 radical (unpaired) electrons. The quantitative estimate of drug-likeness (QED) is 0.431. The van der Waals surface area contributed by atoms with Gasteiger partial charge in [-0.15, -0.1) is 0 Å². The van der Waals surface area contributed by atoms with Gasteiger partial charge in [0.25, 0.3) is 0 Å². The van der Waals surface area contributed by atoms with Gasteiger partial charge in [-0.05, 0) is 6.26 Å². The Morgan fingerprint density at radius 3 is 2.20 bits per heavy atom. The largest absolute Gasteiger partial charge is 0.287 e. The minimum absolute atomic E-state index is 0.329. The molecule has 0 fully saturated rings. The van der Waals surface area contributed by atoms with Crippen LogP contribution in [0.1, 0.15) is 0 Å². The van der Waals surface area contributed by atoms with Crippen molar-refractivity contribution in [2.45, 2.75) is 0 Å². The summed E-state index contributed by atoms with van der Waals surface area (Å²) in [6.07, 6.45) is 1.64. The third-order valence-corrected chi connectivity index (χ3v) is 0.604. The second kappa shape index (κ2) is 2.27. The summed E-state index contributed by atoms with van der Waals surface area (Å²) in [5.74, 6) is 0. The second-order valence-electron chi connectivity index (χ2n) is 0.523. The highest BCUT2D eigenvalue weighted by Gasteiger charge is 1.78. The van der Waals surface area contributed by atoms with Gasteiger partial charge in [-0.2, -0.15) is 0 Å². The molecule has 0 saturated heterocycles. The summed E-state index contributed by atoms with van der Waals surface area (Å²) >= 11 is 1.02. The smallest absolute Gasteiger partial charge is 0.193 e. The number of hydrogen-bond donors (Lipinski definition) is 0. The maximum atomic E-state index is 9.55. The van der Waals surface area contributed by atoms with Gasteiger partial charge in [-0.3, -0.25) is 4.79 Å². The van der Waals surface area contributed by atoms with E-state index >= 15 is 0 Å². The number of rotatable bonds is 0. The highest BCUT2D eigenvalue weighted by atomic mass is 32.2. The summed E-state index contributed by atoms with van der Waals surface area (Å²) in [5, 5.41) is -0.329. The number of thioether (sulfide) groups is 1. The third kappa shape index (κ3) is 4.02. The molecule has 0 rings (SSSR count). The van der Waals surface area contributed by atoms with E-state index in [1.54, 1.807) is 6.26 Å². The van der Waals surface area contributed by atoms with E-state index in [0.717, 1.165) is 11.8 Å². The molecule has 0 aromatic heterocycles. The molecule has 0 heterocycles. The maximum Gasteiger partial charge on any atom is 0.193 e. The summed E-state index contributed by atoms with van der Waals surface area (Å²) in [6, 6.07) is 0. The second-order valence-corrected chi connectivity index (χ2v) is 1.33. The Morgan fingerprint density at radius 1 is 2.00 bits per heavy atom. The Kier molecular flexibility index (Phi) is 2.28. The molecule has 0 N–H and O–H groups in total. The van der Waals surface area contributed by atoms with Crippen molar-refractivity contribution in [2.75, 3.05) is 6.26 Å². The summed E-state index contributed by atoms with van der Waals surface area (Å²) in [6.45, 7) is 4.62. The third-order valence-electron chi connectivity index (χ3n) is 0.201. The number of carbonyl (C=O) groups is 1. The Bertz CT molecular complexity index is 42.2. The van der Waals surface area contributed by atoms with Crippen molar-refractivity contribution in [3.63, 3.8) is 0 Å². The lowest BCUT2D eigenvalue weighted by molar-refractivity contribution is -0.107. The molecular formula is C3H4OS. The standard InChI is InChI=1S/C3H4OS/c1-3(4)5-2/h1H,2H3. The van der Waals surface area contributed by atoms with E-state index in [-0.39, 0.29) is 5.12 Å². The van der Waals surface area contributed by atoms with E-state index in [0.29, 0.717) is 0 Å². The van der Waals surface area contributed by atoms with Crippen LogP contribution in [0.15, 0.2) is 0 Å². The zero-order chi connectivity index (χ0) is 4.28. The van der Waals surface area contributed by atoms with Crippen LogP contribution < -0.4 is 0 Å². The van der Waals surface area contributed by atoms with E-state index in [2.05, 4.69) is 6.92 Å². The van der Waals surface area contributed by atoms with Crippen LogP contribution in [-0.4, -0.2) is 11.4 Å². The summed E-state index contributed by atoms with van der Waals surface area (Å²) in [4.78, 5) is 9.55. The van der Waals surface area contributed by atoms with E-state index < -0.39 is 0 Å². The monoisotopic (exact) mass is 88.0 g/mol. The zero-order valence-electron chi connectivity index (χ0n) is 2.89. The molecule has 0 spiro atoms. The number of hydrogen-bond acceptors (Lipinski definition) is 2. The van der Waals surface area contributed by atoms with Crippen LogP contribution in [-0.2, 0) is 4.79 Å². The average Bonchev–Trinajstić information content (AvgIpc) is 1.38. The Balaban J connectivity index is 2.85. The molecular weight excluding hydrogens is 84.1 g/mol. The van der Waals surface area contributed by atoms with Gasteiger partial charge in [-0.25, -0.2) is 0 Å². The van der Waals surface area contributed by atoms with Crippen molar-refractivity contribution in [1.29, 1.82) is 0 Å². The Labute approximate surface area is 35.8 Å². The van der Waals surface area contributed by atoms with Crippen molar-refractivity contribution < 1.29 is 4.79 Å². The van der Waals surface area contributed by atoms with Crippen molar-refractivity contribution in [2.24, 2.45) is 0 Å². The first-order valence-electron chi connectivity index (χ1n) is 1.11. The van der Waals surface area contributed by atoms with Crippen LogP contribution in [0.3, 0.4) is 0 Å². The van der Waals surface area contributed by atoms with Gasteiger partial charge < -0.3 is 0 Å². The highest BCUT2D eigenvalue weighted by Crippen LogP contribution is 1.87. The maximum absolute atomic E-state index is 9.55. The van der Waals surface area contributed by atoms with E-state index in [9.17, 15) is 4.79 Å². The Hall–Kier alpha value is 0.0200. The van der Waals surface area contributed by atoms with Gasteiger partial charge in [0.1, 0.15) is 0 Å². The molecule has 0 aliphatic rings.